The van der Waals surface area contributed by atoms with E-state index in [9.17, 15) is 86.1 Å². The average molecular weight is 625 g/mol. The zero-order chi connectivity index (χ0) is 27.7. The van der Waals surface area contributed by atoms with Gasteiger partial charge in [-0.1, -0.05) is 0 Å². The van der Waals surface area contributed by atoms with Crippen molar-refractivity contribution < 1.29 is 86.1 Å². The van der Waals surface area contributed by atoms with Crippen molar-refractivity contribution >= 4 is 45.6 Å². The maximum Gasteiger partial charge on any atom is 0.355 e. The molecule has 1 unspecified atom stereocenters. The van der Waals surface area contributed by atoms with E-state index in [4.69, 9.17) is 5.73 Å². The van der Waals surface area contributed by atoms with Crippen LogP contribution in [0.3, 0.4) is 0 Å². The van der Waals surface area contributed by atoms with Gasteiger partial charge in [-0.3, -0.25) is 27.4 Å². The van der Waals surface area contributed by atoms with Gasteiger partial charge in [0.2, 0.25) is 11.0 Å². The second kappa shape index (κ2) is 11.7. The highest BCUT2D eigenvalue weighted by molar-refractivity contribution is 7.73. The van der Waals surface area contributed by atoms with E-state index in [1.54, 1.807) is 0 Å². The number of hydrogen-bond donors (Lipinski definition) is 14. The van der Waals surface area contributed by atoms with Gasteiger partial charge in [-0.05, 0) is 0 Å². The van der Waals surface area contributed by atoms with Crippen LogP contribution in [0.5, 0.6) is 0 Å². The first-order chi connectivity index (χ1) is 14.7. The summed E-state index contributed by atoms with van der Waals surface area (Å²) >= 11 is 0. The molecule has 0 amide bonds. The lowest BCUT2D eigenvalue weighted by atomic mass is 10.3. The number of hydrogen-bond acceptors (Lipinski definition) is 9. The van der Waals surface area contributed by atoms with Crippen LogP contribution in [-0.2, 0) is 27.4 Å². The van der Waals surface area contributed by atoms with Crippen LogP contribution in [0.15, 0.2) is 0 Å². The predicted octanol–water partition coefficient (Wildman–Crippen LogP) is -3.84. The van der Waals surface area contributed by atoms with Crippen molar-refractivity contribution in [1.82, 2.24) is 10.2 Å². The molecule has 206 valence electrons. The van der Waals surface area contributed by atoms with Gasteiger partial charge in [-0.2, -0.15) is 0 Å². The van der Waals surface area contributed by atoms with Gasteiger partial charge in [0, 0.05) is 19.6 Å². The van der Waals surface area contributed by atoms with E-state index in [1.807, 2.05) is 0 Å². The van der Waals surface area contributed by atoms with Crippen molar-refractivity contribution in [3.63, 3.8) is 0 Å². The smallest absolute Gasteiger partial charge is 0.329 e. The summed E-state index contributed by atoms with van der Waals surface area (Å²) in [6.07, 6.45) is 0. The highest BCUT2D eigenvalue weighted by Crippen LogP contribution is 2.72. The van der Waals surface area contributed by atoms with Gasteiger partial charge in [0.15, 0.2) is 5.40 Å². The second-order valence-electron chi connectivity index (χ2n) is 6.65. The Hall–Kier alpha value is 0.780. The van der Waals surface area contributed by atoms with Crippen LogP contribution in [0.25, 0.3) is 0 Å². The van der Waals surface area contributed by atoms with Crippen molar-refractivity contribution in [2.75, 3.05) is 19.6 Å². The van der Waals surface area contributed by atoms with E-state index in [0.717, 1.165) is 0 Å². The molecule has 0 rings (SSSR count). The predicted molar refractivity (Wildman–Crippen MR) is 111 cm³/mol. The molecule has 0 saturated heterocycles. The largest absolute Gasteiger partial charge is 0.355 e. The van der Waals surface area contributed by atoms with Crippen molar-refractivity contribution in [1.29, 1.82) is 0 Å². The van der Waals surface area contributed by atoms with Crippen molar-refractivity contribution in [3.05, 3.63) is 0 Å². The van der Waals surface area contributed by atoms with Crippen molar-refractivity contribution in [2.45, 2.75) is 22.5 Å². The summed E-state index contributed by atoms with van der Waals surface area (Å²) in [5, 5.41) is -1.46. The standard InChI is InChI=1S/C7H25N3O18P6/c8-1-2-9-3-4(5(29(11,12)13)30(14,15)16)10(6(31(17,18)19)32(20,21)22)7(33(23,24)25)34(26,27)28/h4-7,9H,1-3,8H2,(H2,11,12,13)(H2,14,15,16)(H2,17,18,19)(H2,20,21,22)(H2,23,24,25)(H2,26,27,28). The number of nitrogens with zero attached hydrogens (tertiary/aromatic N) is 1. The Morgan fingerprint density at radius 1 is 0.588 bits per heavy atom. The summed E-state index contributed by atoms with van der Waals surface area (Å²) in [6, 6.07) is -3.12. The van der Waals surface area contributed by atoms with Gasteiger partial charge in [0.1, 0.15) is 0 Å². The van der Waals surface area contributed by atoms with Crippen LogP contribution in [0.1, 0.15) is 0 Å². The van der Waals surface area contributed by atoms with Crippen LogP contribution in [0.4, 0.5) is 0 Å². The summed E-state index contributed by atoms with van der Waals surface area (Å²) in [7, 11) is -38.3. The van der Waals surface area contributed by atoms with Crippen molar-refractivity contribution in [2.24, 2.45) is 5.73 Å². The summed E-state index contributed by atoms with van der Waals surface area (Å²) in [5.41, 5.74) is -2.72. The molecule has 0 bridgehead atoms. The molecule has 15 N–H and O–H groups in total. The quantitative estimate of drug-likeness (QED) is 0.0649. The van der Waals surface area contributed by atoms with E-state index >= 15 is 0 Å². The average Bonchev–Trinajstić information content (AvgIpc) is 2.45. The maximum atomic E-state index is 12.0. The monoisotopic (exact) mass is 625 g/mol. The molecule has 34 heavy (non-hydrogen) atoms. The molecular weight excluding hydrogens is 600 g/mol. The Morgan fingerprint density at radius 3 is 1.09 bits per heavy atom. The van der Waals surface area contributed by atoms with E-state index in [-0.39, 0.29) is 6.54 Å². The molecule has 0 aliphatic heterocycles. The molecule has 0 radical (unpaired) electrons. The van der Waals surface area contributed by atoms with E-state index in [1.165, 1.54) is 0 Å². The lowest BCUT2D eigenvalue weighted by molar-refractivity contribution is 0.145. The Labute approximate surface area is 190 Å². The molecule has 0 heterocycles. The van der Waals surface area contributed by atoms with Crippen LogP contribution >= 0.6 is 45.6 Å². The molecule has 21 nitrogen and oxygen atoms in total. The van der Waals surface area contributed by atoms with E-state index < -0.39 is 86.1 Å². The van der Waals surface area contributed by atoms with E-state index in [2.05, 4.69) is 5.32 Å². The topological polar surface area (TPSA) is 386 Å². The minimum absolute atomic E-state index is 0.329. The van der Waals surface area contributed by atoms with E-state index in [0.29, 0.717) is 0 Å². The first-order valence-corrected chi connectivity index (χ1v) is 18.3. The van der Waals surface area contributed by atoms with Crippen LogP contribution in [-0.4, -0.2) is 106 Å². The molecule has 0 saturated carbocycles. The SMILES string of the molecule is NCCNCC(C(P(=O)(O)O)P(=O)(O)O)N(C(P(=O)(O)O)P(=O)(O)O)C(P(=O)(O)O)P(=O)(O)O. The Balaban J connectivity index is 7.82. The first-order valence-electron chi connectivity index (χ1n) is 8.18. The Bertz CT molecular complexity index is 868. The molecule has 0 aliphatic rings. The summed E-state index contributed by atoms with van der Waals surface area (Å²) in [6.45, 7) is -2.15. The minimum atomic E-state index is -6.47. The fourth-order valence-corrected chi connectivity index (χ4v) is 12.1. The number of nitrogens with one attached hydrogen (secondary N) is 1. The number of rotatable bonds is 14. The molecule has 1 atom stereocenters. The third-order valence-corrected chi connectivity index (χ3v) is 14.8. The third kappa shape index (κ3) is 9.92. The minimum Gasteiger partial charge on any atom is -0.329 e. The highest BCUT2D eigenvalue weighted by atomic mass is 31.2. The molecule has 0 spiro atoms. The zero-order valence-electron chi connectivity index (χ0n) is 16.5. The van der Waals surface area contributed by atoms with Gasteiger partial charge < -0.3 is 69.8 Å². The lowest BCUT2D eigenvalue weighted by Gasteiger charge is -2.45. The second-order valence-corrected chi connectivity index (χ2v) is 18.0. The van der Waals surface area contributed by atoms with Crippen molar-refractivity contribution in [3.8, 4) is 0 Å². The van der Waals surface area contributed by atoms with Gasteiger partial charge in [0.25, 0.3) is 0 Å². The molecule has 0 aliphatic carbocycles. The lowest BCUT2D eigenvalue weighted by Crippen LogP contribution is -2.57. The highest BCUT2D eigenvalue weighted by Gasteiger charge is 2.64. The summed E-state index contributed by atoms with van der Waals surface area (Å²) < 4.78 is 71.7. The van der Waals surface area contributed by atoms with Crippen LogP contribution in [0, 0.1) is 0 Å². The van der Waals surface area contributed by atoms with Gasteiger partial charge in [-0.15, -0.1) is 0 Å². The fourth-order valence-electron chi connectivity index (χ4n) is 2.91. The molecule has 0 aromatic rings. The summed E-state index contributed by atoms with van der Waals surface area (Å²) in [5.74, 6) is 0. The Morgan fingerprint density at radius 2 is 0.882 bits per heavy atom. The molecule has 27 heteroatoms. The van der Waals surface area contributed by atoms with Gasteiger partial charge >= 0.3 is 45.6 Å². The zero-order valence-corrected chi connectivity index (χ0v) is 21.8. The fraction of sp³-hybridized carbons (Fsp3) is 1.00. The first kappa shape index (κ1) is 34.8. The van der Waals surface area contributed by atoms with Crippen LogP contribution < -0.4 is 11.1 Å². The molecule has 0 aromatic heterocycles. The molecular formula is C7H25N3O18P6. The summed E-state index contributed by atoms with van der Waals surface area (Å²) in [4.78, 5) is 113. The van der Waals surface area contributed by atoms with Crippen LogP contribution in [0.2, 0.25) is 0 Å². The third-order valence-electron chi connectivity index (χ3n) is 3.83. The molecule has 0 aromatic carbocycles. The maximum absolute atomic E-state index is 12.0. The van der Waals surface area contributed by atoms with Gasteiger partial charge in [-0.25, -0.2) is 4.90 Å². The van der Waals surface area contributed by atoms with Gasteiger partial charge in [0.05, 0.1) is 6.04 Å². The Kier molecular flexibility index (Phi) is 11.9. The number of nitrogens with two attached hydrogens (primary N) is 1. The molecule has 0 fully saturated rings. The normalized spacial score (nSPS) is 16.1.